The van der Waals surface area contributed by atoms with E-state index in [-0.39, 0.29) is 30.1 Å². The van der Waals surface area contributed by atoms with Crippen LogP contribution in [0.1, 0.15) is 21.5 Å². The fraction of sp³-hybridized carbons (Fsp3) is 0.227. The molecule has 0 unspecified atom stereocenters. The highest BCUT2D eigenvalue weighted by Crippen LogP contribution is 2.32. The van der Waals surface area contributed by atoms with Crippen LogP contribution in [-0.4, -0.2) is 49.3 Å². The molecule has 0 atom stereocenters. The summed E-state index contributed by atoms with van der Waals surface area (Å²) in [5, 5.41) is 2.37. The minimum absolute atomic E-state index is 0.0922. The van der Waals surface area contributed by atoms with Gasteiger partial charge in [-0.05, 0) is 48.5 Å². The van der Waals surface area contributed by atoms with Crippen molar-refractivity contribution in [3.8, 4) is 11.5 Å². The van der Waals surface area contributed by atoms with Gasteiger partial charge >= 0.3 is 0 Å². The Bertz CT molecular complexity index is 1000. The highest BCUT2D eigenvalue weighted by Gasteiger charge is 2.34. The van der Waals surface area contributed by atoms with Gasteiger partial charge in [0, 0.05) is 18.7 Å². The smallest absolute Gasteiger partial charge is 0.293 e. The first-order valence-corrected chi connectivity index (χ1v) is 10.1. The summed E-state index contributed by atoms with van der Waals surface area (Å²) in [6.07, 6.45) is 1.70. The van der Waals surface area contributed by atoms with Crippen molar-refractivity contribution in [2.75, 3.05) is 27.3 Å². The number of methoxy groups -OCH3 is 2. The number of ether oxygens (including phenoxy) is 2. The largest absolute Gasteiger partial charge is 0.493 e. The van der Waals surface area contributed by atoms with Gasteiger partial charge < -0.3 is 14.8 Å². The van der Waals surface area contributed by atoms with Gasteiger partial charge in [0.05, 0.1) is 19.1 Å². The van der Waals surface area contributed by atoms with Gasteiger partial charge in [-0.25, -0.2) is 0 Å². The number of hydrogen-bond acceptors (Lipinski definition) is 6. The SMILES string of the molecule is COc1ccc(C(=O)NCCN2C(=O)SC(=Cc3ccc(C)cc3)C2=O)cc1OC. The Morgan fingerprint density at radius 1 is 1.07 bits per heavy atom. The van der Waals surface area contributed by atoms with E-state index in [0.717, 1.165) is 27.8 Å². The average Bonchev–Trinajstić information content (AvgIpc) is 3.02. The summed E-state index contributed by atoms with van der Waals surface area (Å²) in [5.74, 6) is 0.272. The molecule has 3 amide bonds. The summed E-state index contributed by atoms with van der Waals surface area (Å²) in [7, 11) is 3.00. The number of benzene rings is 2. The molecule has 1 heterocycles. The van der Waals surface area contributed by atoms with Crippen LogP contribution in [0.25, 0.3) is 6.08 Å². The number of rotatable bonds is 7. The molecule has 0 spiro atoms. The number of amides is 3. The molecular formula is C22H22N2O5S. The zero-order valence-corrected chi connectivity index (χ0v) is 17.7. The minimum atomic E-state index is -0.356. The Morgan fingerprint density at radius 3 is 2.43 bits per heavy atom. The molecule has 1 aliphatic rings. The Labute approximate surface area is 179 Å². The second-order valence-corrected chi connectivity index (χ2v) is 7.56. The summed E-state index contributed by atoms with van der Waals surface area (Å²) >= 11 is 0.900. The first-order chi connectivity index (χ1) is 14.4. The van der Waals surface area contributed by atoms with E-state index in [1.54, 1.807) is 24.3 Å². The highest BCUT2D eigenvalue weighted by atomic mass is 32.2. The molecule has 7 nitrogen and oxygen atoms in total. The lowest BCUT2D eigenvalue weighted by Gasteiger charge is -2.13. The molecule has 2 aromatic rings. The molecule has 0 radical (unpaired) electrons. The topological polar surface area (TPSA) is 84.9 Å². The Hall–Kier alpha value is -3.26. The molecule has 1 aliphatic heterocycles. The first-order valence-electron chi connectivity index (χ1n) is 9.25. The fourth-order valence-electron chi connectivity index (χ4n) is 2.87. The van der Waals surface area contributed by atoms with Crippen molar-refractivity contribution in [2.24, 2.45) is 0 Å². The monoisotopic (exact) mass is 426 g/mol. The number of thioether (sulfide) groups is 1. The minimum Gasteiger partial charge on any atom is -0.493 e. The lowest BCUT2D eigenvalue weighted by atomic mass is 10.1. The molecule has 0 aromatic heterocycles. The zero-order chi connectivity index (χ0) is 21.7. The fourth-order valence-corrected chi connectivity index (χ4v) is 3.73. The van der Waals surface area contributed by atoms with Gasteiger partial charge in [0.25, 0.3) is 17.1 Å². The molecule has 1 fully saturated rings. The van der Waals surface area contributed by atoms with Gasteiger partial charge in [0.15, 0.2) is 11.5 Å². The van der Waals surface area contributed by atoms with Crippen LogP contribution < -0.4 is 14.8 Å². The average molecular weight is 426 g/mol. The third-order valence-corrected chi connectivity index (χ3v) is 5.42. The third kappa shape index (κ3) is 4.83. The van der Waals surface area contributed by atoms with Crippen LogP contribution >= 0.6 is 11.8 Å². The molecule has 30 heavy (non-hydrogen) atoms. The Balaban J connectivity index is 1.59. The zero-order valence-electron chi connectivity index (χ0n) is 16.9. The molecule has 8 heteroatoms. The van der Waals surface area contributed by atoms with Crippen molar-refractivity contribution < 1.29 is 23.9 Å². The van der Waals surface area contributed by atoms with Gasteiger partial charge in [-0.15, -0.1) is 0 Å². The maximum absolute atomic E-state index is 12.6. The molecule has 1 saturated heterocycles. The number of carbonyl (C=O) groups excluding carboxylic acids is 3. The van der Waals surface area contributed by atoms with E-state index in [9.17, 15) is 14.4 Å². The maximum atomic E-state index is 12.6. The summed E-state index contributed by atoms with van der Waals surface area (Å²) in [6, 6.07) is 12.5. The normalized spacial score (nSPS) is 14.9. The van der Waals surface area contributed by atoms with E-state index in [1.165, 1.54) is 14.2 Å². The van der Waals surface area contributed by atoms with E-state index in [1.807, 2.05) is 31.2 Å². The van der Waals surface area contributed by atoms with E-state index in [0.29, 0.717) is 22.0 Å². The number of hydrogen-bond donors (Lipinski definition) is 1. The van der Waals surface area contributed by atoms with Gasteiger partial charge in [-0.2, -0.15) is 0 Å². The second-order valence-electron chi connectivity index (χ2n) is 6.57. The predicted octanol–water partition coefficient (Wildman–Crippen LogP) is 3.48. The third-order valence-electron chi connectivity index (χ3n) is 4.52. The Morgan fingerprint density at radius 2 is 1.77 bits per heavy atom. The first kappa shape index (κ1) is 21.4. The molecule has 0 bridgehead atoms. The van der Waals surface area contributed by atoms with E-state index >= 15 is 0 Å². The van der Waals surface area contributed by atoms with Crippen molar-refractivity contribution in [2.45, 2.75) is 6.92 Å². The van der Waals surface area contributed by atoms with Gasteiger partial charge in [0.2, 0.25) is 0 Å². The van der Waals surface area contributed by atoms with Crippen molar-refractivity contribution in [3.05, 3.63) is 64.1 Å². The molecule has 1 N–H and O–H groups in total. The predicted molar refractivity (Wildman–Crippen MR) is 116 cm³/mol. The molecule has 156 valence electrons. The van der Waals surface area contributed by atoms with Crippen LogP contribution in [0.5, 0.6) is 11.5 Å². The second kappa shape index (κ2) is 9.49. The van der Waals surface area contributed by atoms with Crippen LogP contribution in [0, 0.1) is 6.92 Å². The van der Waals surface area contributed by atoms with Crippen LogP contribution in [0.2, 0.25) is 0 Å². The summed E-state index contributed by atoms with van der Waals surface area (Å²) in [4.78, 5) is 38.7. The highest BCUT2D eigenvalue weighted by molar-refractivity contribution is 8.18. The van der Waals surface area contributed by atoms with E-state index < -0.39 is 0 Å². The van der Waals surface area contributed by atoms with Crippen molar-refractivity contribution >= 4 is 34.9 Å². The summed E-state index contributed by atoms with van der Waals surface area (Å²) in [5.41, 5.74) is 2.36. The number of nitrogens with one attached hydrogen (secondary N) is 1. The van der Waals surface area contributed by atoms with Crippen LogP contribution in [0.3, 0.4) is 0 Å². The number of aryl methyl sites for hydroxylation is 1. The molecule has 0 aliphatic carbocycles. The Kier molecular flexibility index (Phi) is 6.79. The van der Waals surface area contributed by atoms with Crippen LogP contribution in [0.4, 0.5) is 4.79 Å². The summed E-state index contributed by atoms with van der Waals surface area (Å²) < 4.78 is 10.4. The maximum Gasteiger partial charge on any atom is 0.293 e. The molecule has 3 rings (SSSR count). The van der Waals surface area contributed by atoms with Crippen LogP contribution in [0.15, 0.2) is 47.4 Å². The van der Waals surface area contributed by atoms with Crippen molar-refractivity contribution in [1.82, 2.24) is 10.2 Å². The van der Waals surface area contributed by atoms with E-state index in [4.69, 9.17) is 9.47 Å². The van der Waals surface area contributed by atoms with Gasteiger partial charge in [-0.3, -0.25) is 19.3 Å². The van der Waals surface area contributed by atoms with Gasteiger partial charge in [-0.1, -0.05) is 29.8 Å². The molecule has 2 aromatic carbocycles. The molecule has 0 saturated carbocycles. The van der Waals surface area contributed by atoms with Crippen molar-refractivity contribution in [1.29, 1.82) is 0 Å². The number of nitrogens with zero attached hydrogens (tertiary/aromatic N) is 1. The molecular weight excluding hydrogens is 404 g/mol. The van der Waals surface area contributed by atoms with E-state index in [2.05, 4.69) is 5.32 Å². The lowest BCUT2D eigenvalue weighted by Crippen LogP contribution is -2.37. The van der Waals surface area contributed by atoms with Gasteiger partial charge in [0.1, 0.15) is 0 Å². The number of imide groups is 1. The number of carbonyl (C=O) groups is 3. The van der Waals surface area contributed by atoms with Crippen LogP contribution in [-0.2, 0) is 4.79 Å². The summed E-state index contributed by atoms with van der Waals surface area (Å²) in [6.45, 7) is 2.21. The quantitative estimate of drug-likeness (QED) is 0.683. The lowest BCUT2D eigenvalue weighted by molar-refractivity contribution is -0.122. The standard InChI is InChI=1S/C22H22N2O5S/c1-14-4-6-15(7-5-14)12-19-21(26)24(22(27)30-19)11-10-23-20(25)16-8-9-17(28-2)18(13-16)29-3/h4-9,12-13H,10-11H2,1-3H3,(H,23,25). The van der Waals surface area contributed by atoms with Crippen molar-refractivity contribution in [3.63, 3.8) is 0 Å².